The molecule has 3 heterocycles. The molecule has 1 saturated heterocycles. The van der Waals surface area contributed by atoms with Crippen molar-refractivity contribution in [2.45, 2.75) is 19.1 Å². The zero-order valence-electron chi connectivity index (χ0n) is 14.7. The van der Waals surface area contributed by atoms with Crippen LogP contribution >= 0.6 is 0 Å². The number of hydrogen-bond donors (Lipinski definition) is 3. The third kappa shape index (κ3) is 3.30. The molecule has 0 radical (unpaired) electrons. The predicted octanol–water partition coefficient (Wildman–Crippen LogP) is -2.82. The number of anilines is 1. The average Bonchev–Trinajstić information content (AvgIpc) is 2.99. The van der Waals surface area contributed by atoms with Gasteiger partial charge in [0, 0.05) is 18.7 Å². The van der Waals surface area contributed by atoms with Crippen LogP contribution in [0.1, 0.15) is 6.92 Å². The van der Waals surface area contributed by atoms with Gasteiger partial charge in [-0.05, 0) is 24.3 Å². The lowest BCUT2D eigenvalue weighted by molar-refractivity contribution is -0.942. The highest BCUT2D eigenvalue weighted by molar-refractivity contribution is 6.05. The molecule has 0 aliphatic carbocycles. The number of hydrogen-bond acceptors (Lipinski definition) is 2. The van der Waals surface area contributed by atoms with Gasteiger partial charge in [0.15, 0.2) is 0 Å². The van der Waals surface area contributed by atoms with Crippen molar-refractivity contribution in [2.75, 3.05) is 37.6 Å². The van der Waals surface area contributed by atoms with E-state index in [1.807, 2.05) is 6.08 Å². The van der Waals surface area contributed by atoms with Crippen molar-refractivity contribution in [2.24, 2.45) is 0 Å². The molecular weight excluding hydrogens is 312 g/mol. The van der Waals surface area contributed by atoms with E-state index in [0.29, 0.717) is 12.3 Å². The Morgan fingerprint density at radius 3 is 2.72 bits per heavy atom. The number of benzene rings is 1. The van der Waals surface area contributed by atoms with E-state index in [0.717, 1.165) is 31.9 Å². The van der Waals surface area contributed by atoms with E-state index in [9.17, 15) is 4.79 Å². The van der Waals surface area contributed by atoms with E-state index in [1.54, 1.807) is 0 Å². The fraction of sp³-hybridized carbons (Fsp3) is 0.400. The van der Waals surface area contributed by atoms with Crippen molar-refractivity contribution in [3.63, 3.8) is 0 Å². The van der Waals surface area contributed by atoms with E-state index in [1.165, 1.54) is 15.5 Å². The molecule has 1 unspecified atom stereocenters. The Hall–Kier alpha value is -2.24. The van der Waals surface area contributed by atoms with E-state index < -0.39 is 0 Å². The Balaban J connectivity index is 1.34. The Morgan fingerprint density at radius 2 is 1.96 bits per heavy atom. The number of ketones is 1. The monoisotopic (exact) mass is 339 g/mol. The topological polar surface area (TPSA) is 43.2 Å². The normalized spacial score (nSPS) is 28.8. The van der Waals surface area contributed by atoms with Gasteiger partial charge in [0.2, 0.25) is 11.8 Å². The molecule has 0 amide bonds. The summed E-state index contributed by atoms with van der Waals surface area (Å²) in [5.74, 6) is 0.352. The third-order valence-electron chi connectivity index (χ3n) is 5.55. The molecule has 1 aromatic carbocycles. The van der Waals surface area contributed by atoms with Crippen LogP contribution in [0, 0.1) is 0 Å². The quantitative estimate of drug-likeness (QED) is 0.554. The molecule has 0 saturated carbocycles. The van der Waals surface area contributed by atoms with Gasteiger partial charge in [-0.25, -0.2) is 4.90 Å². The van der Waals surface area contributed by atoms with Crippen molar-refractivity contribution in [3.8, 4) is 0 Å². The van der Waals surface area contributed by atoms with Crippen LogP contribution in [-0.4, -0.2) is 56.4 Å². The molecule has 5 heteroatoms. The SMILES string of the molecule is CC1=[NH+][C@H]2C=CC=C[NH+]2[C@@H]1C(=O)C[NH+]1CCN(c2ccccc2)CC1. The van der Waals surface area contributed by atoms with Crippen LogP contribution in [0.2, 0.25) is 0 Å². The first-order chi connectivity index (χ1) is 12.2. The number of carbonyl (C=O) groups excluding carboxylic acids is 1. The lowest BCUT2D eigenvalue weighted by Gasteiger charge is -2.33. The summed E-state index contributed by atoms with van der Waals surface area (Å²) in [7, 11) is 0. The summed E-state index contributed by atoms with van der Waals surface area (Å²) < 4.78 is 0. The van der Waals surface area contributed by atoms with E-state index in [4.69, 9.17) is 0 Å². The number of piperazine rings is 1. The smallest absolute Gasteiger partial charge is 0.301 e. The number of carbonyl (C=O) groups is 1. The van der Waals surface area contributed by atoms with Gasteiger partial charge in [0.1, 0.15) is 12.7 Å². The van der Waals surface area contributed by atoms with Crippen molar-refractivity contribution in [1.29, 1.82) is 0 Å². The number of para-hydroxylation sites is 1. The molecule has 3 aliphatic rings. The second kappa shape index (κ2) is 6.94. The third-order valence-corrected chi connectivity index (χ3v) is 5.55. The van der Waals surface area contributed by atoms with Crippen LogP contribution in [0.25, 0.3) is 0 Å². The highest BCUT2D eigenvalue weighted by Gasteiger charge is 2.47. The molecule has 5 nitrogen and oxygen atoms in total. The second-order valence-electron chi connectivity index (χ2n) is 7.20. The molecular formula is C20H27N4O+3. The predicted molar refractivity (Wildman–Crippen MR) is 97.7 cm³/mol. The number of nitrogens with zero attached hydrogens (tertiary/aromatic N) is 1. The van der Waals surface area contributed by atoms with Gasteiger partial charge in [-0.1, -0.05) is 18.2 Å². The molecule has 1 aromatic rings. The molecule has 0 spiro atoms. The van der Waals surface area contributed by atoms with Gasteiger partial charge in [0.05, 0.1) is 26.2 Å². The molecule has 3 N–H and O–H groups in total. The average molecular weight is 339 g/mol. The van der Waals surface area contributed by atoms with Crippen molar-refractivity contribution in [3.05, 3.63) is 54.8 Å². The molecule has 0 aromatic heterocycles. The largest absolute Gasteiger partial charge is 0.360 e. The van der Waals surface area contributed by atoms with Crippen LogP contribution in [0.4, 0.5) is 5.69 Å². The maximum atomic E-state index is 13.0. The molecule has 130 valence electrons. The minimum absolute atomic E-state index is 0.0501. The molecule has 0 bridgehead atoms. The number of nitrogens with one attached hydrogen (secondary N) is 3. The fourth-order valence-corrected chi connectivity index (χ4v) is 4.22. The molecule has 3 atom stereocenters. The van der Waals surface area contributed by atoms with Gasteiger partial charge in [0.25, 0.3) is 5.78 Å². The standard InChI is InChI=1S/C20H24N4O/c1-16-20(24-10-6-5-9-19(24)21-16)18(25)15-22-11-13-23(14-12-22)17-7-3-2-4-8-17/h2-10,19-20H,11-15H2,1H3/p+3/t19-,20+/m1/s1. The Labute approximate surface area is 148 Å². The van der Waals surface area contributed by atoms with Crippen LogP contribution < -0.4 is 19.7 Å². The zero-order valence-corrected chi connectivity index (χ0v) is 14.7. The maximum absolute atomic E-state index is 13.0. The van der Waals surface area contributed by atoms with Crippen molar-refractivity contribution in [1.82, 2.24) is 0 Å². The van der Waals surface area contributed by atoms with Crippen LogP contribution in [-0.2, 0) is 4.79 Å². The first-order valence-electron chi connectivity index (χ1n) is 9.20. The van der Waals surface area contributed by atoms with Gasteiger partial charge in [-0.3, -0.25) is 4.79 Å². The van der Waals surface area contributed by atoms with E-state index >= 15 is 0 Å². The second-order valence-corrected chi connectivity index (χ2v) is 7.20. The summed E-state index contributed by atoms with van der Waals surface area (Å²) in [4.78, 5) is 21.5. The summed E-state index contributed by atoms with van der Waals surface area (Å²) in [5.41, 5.74) is 2.39. The molecule has 4 rings (SSSR count). The number of Topliss-reactive ketones (excluding diaryl/α,β-unsaturated/α-hetero) is 1. The van der Waals surface area contributed by atoms with Gasteiger partial charge < -0.3 is 9.80 Å². The summed E-state index contributed by atoms with van der Waals surface area (Å²) in [6, 6.07) is 10.5. The summed E-state index contributed by atoms with van der Waals surface area (Å²) in [6.45, 7) is 6.75. The maximum Gasteiger partial charge on any atom is 0.301 e. The van der Waals surface area contributed by atoms with E-state index in [2.05, 4.69) is 65.5 Å². The highest BCUT2D eigenvalue weighted by atomic mass is 16.1. The van der Waals surface area contributed by atoms with Crippen LogP contribution in [0.3, 0.4) is 0 Å². The number of quaternary nitrogens is 2. The summed E-state index contributed by atoms with van der Waals surface area (Å²) >= 11 is 0. The van der Waals surface area contributed by atoms with Gasteiger partial charge in [-0.2, -0.15) is 4.99 Å². The summed E-state index contributed by atoms with van der Waals surface area (Å²) in [5, 5.41) is 0. The molecule has 25 heavy (non-hydrogen) atoms. The fourth-order valence-electron chi connectivity index (χ4n) is 4.22. The number of fused-ring (bicyclic) bond motifs is 1. The Kier molecular flexibility index (Phi) is 4.51. The minimum Gasteiger partial charge on any atom is -0.360 e. The van der Waals surface area contributed by atoms with Gasteiger partial charge in [-0.15, -0.1) is 0 Å². The van der Waals surface area contributed by atoms with Crippen LogP contribution in [0.15, 0.2) is 54.8 Å². The van der Waals surface area contributed by atoms with Gasteiger partial charge >= 0.3 is 6.17 Å². The van der Waals surface area contributed by atoms with Crippen LogP contribution in [0.5, 0.6) is 0 Å². The first-order valence-corrected chi connectivity index (χ1v) is 9.20. The number of rotatable bonds is 4. The molecule has 3 aliphatic heterocycles. The first kappa shape index (κ1) is 16.2. The van der Waals surface area contributed by atoms with E-state index in [-0.39, 0.29) is 12.2 Å². The Bertz CT molecular complexity index is 716. The van der Waals surface area contributed by atoms with Crippen molar-refractivity contribution >= 4 is 17.2 Å². The Morgan fingerprint density at radius 1 is 1.20 bits per heavy atom. The highest BCUT2D eigenvalue weighted by Crippen LogP contribution is 2.12. The lowest BCUT2D eigenvalue weighted by Crippen LogP contribution is -3.21. The minimum atomic E-state index is -0.0501. The molecule has 1 fully saturated rings. The van der Waals surface area contributed by atoms with Crippen molar-refractivity contribution < 1.29 is 19.6 Å². The lowest BCUT2D eigenvalue weighted by atomic mass is 10.1. The number of allylic oxidation sites excluding steroid dienone is 2. The summed E-state index contributed by atoms with van der Waals surface area (Å²) in [6.07, 6.45) is 8.55. The zero-order chi connectivity index (χ0) is 17.2.